The van der Waals surface area contributed by atoms with E-state index in [1.165, 1.54) is 19.2 Å². The van der Waals surface area contributed by atoms with Crippen LogP contribution in [0.25, 0.3) is 11.3 Å². The minimum absolute atomic E-state index is 0.120. The lowest BCUT2D eigenvalue weighted by atomic mass is 10.0. The van der Waals surface area contributed by atoms with Gasteiger partial charge in [0.05, 0.1) is 18.4 Å². The predicted octanol–water partition coefficient (Wildman–Crippen LogP) is 3.34. The summed E-state index contributed by atoms with van der Waals surface area (Å²) in [6.07, 6.45) is 0. The molecule has 1 aromatic heterocycles. The maximum absolute atomic E-state index is 13.7. The molecule has 0 spiro atoms. The summed E-state index contributed by atoms with van der Waals surface area (Å²) in [5, 5.41) is 0.302. The Kier molecular flexibility index (Phi) is 3.99. The molecule has 0 saturated carbocycles. The SMILES string of the molecule is COC(=O)c1cc(F)cc(-c2nc(C)nc(Cl)c2C)c1. The number of methoxy groups -OCH3 is 1. The molecule has 0 amide bonds. The number of ether oxygens (including phenoxy) is 1. The van der Waals surface area contributed by atoms with Gasteiger partial charge in [-0.1, -0.05) is 11.6 Å². The summed E-state index contributed by atoms with van der Waals surface area (Å²) < 4.78 is 18.3. The Morgan fingerprint density at radius 1 is 1.25 bits per heavy atom. The predicted molar refractivity (Wildman–Crippen MR) is 73.2 cm³/mol. The van der Waals surface area contributed by atoms with Crippen LogP contribution in [0, 0.1) is 19.7 Å². The van der Waals surface area contributed by atoms with Gasteiger partial charge in [0.2, 0.25) is 0 Å². The highest BCUT2D eigenvalue weighted by Crippen LogP contribution is 2.27. The zero-order valence-electron chi connectivity index (χ0n) is 11.2. The van der Waals surface area contributed by atoms with E-state index in [2.05, 4.69) is 14.7 Å². The Morgan fingerprint density at radius 3 is 2.60 bits per heavy atom. The fourth-order valence-electron chi connectivity index (χ4n) is 1.84. The summed E-state index contributed by atoms with van der Waals surface area (Å²) in [7, 11) is 1.24. The summed E-state index contributed by atoms with van der Waals surface area (Å²) in [5.74, 6) is -0.686. The molecule has 1 heterocycles. The molecular weight excluding hydrogens is 283 g/mol. The molecule has 0 bridgehead atoms. The zero-order chi connectivity index (χ0) is 14.9. The second-order valence-corrected chi connectivity index (χ2v) is 4.61. The highest BCUT2D eigenvalue weighted by Gasteiger charge is 2.14. The van der Waals surface area contributed by atoms with Crippen LogP contribution in [0.15, 0.2) is 18.2 Å². The number of nitrogens with zero attached hydrogens (tertiary/aromatic N) is 2. The van der Waals surface area contributed by atoms with Crippen LogP contribution in [0.4, 0.5) is 4.39 Å². The molecule has 0 fully saturated rings. The first-order chi connectivity index (χ1) is 9.42. The molecule has 4 nitrogen and oxygen atoms in total. The van der Waals surface area contributed by atoms with Gasteiger partial charge in [-0.05, 0) is 32.0 Å². The second kappa shape index (κ2) is 5.54. The normalized spacial score (nSPS) is 10.4. The number of carbonyl (C=O) groups excluding carboxylic acids is 1. The van der Waals surface area contributed by atoms with E-state index in [-0.39, 0.29) is 5.56 Å². The number of halogens is 2. The highest BCUT2D eigenvalue weighted by molar-refractivity contribution is 6.30. The van der Waals surface area contributed by atoms with Crippen LogP contribution < -0.4 is 0 Å². The molecule has 0 atom stereocenters. The summed E-state index contributed by atoms with van der Waals surface area (Å²) in [4.78, 5) is 19.8. The van der Waals surface area contributed by atoms with Crippen LogP contribution in [0.2, 0.25) is 5.15 Å². The number of benzene rings is 1. The number of hydrogen-bond acceptors (Lipinski definition) is 4. The van der Waals surface area contributed by atoms with Crippen LogP contribution in [0.1, 0.15) is 21.7 Å². The van der Waals surface area contributed by atoms with E-state index in [1.807, 2.05) is 0 Å². The summed E-state index contributed by atoms with van der Waals surface area (Å²) in [6, 6.07) is 3.91. The number of aromatic nitrogens is 2. The number of esters is 1. The first-order valence-corrected chi connectivity index (χ1v) is 6.20. The van der Waals surface area contributed by atoms with Crippen LogP contribution >= 0.6 is 11.6 Å². The molecule has 0 aliphatic carbocycles. The zero-order valence-corrected chi connectivity index (χ0v) is 12.0. The topological polar surface area (TPSA) is 52.1 Å². The van der Waals surface area contributed by atoms with Gasteiger partial charge in [0.15, 0.2) is 0 Å². The average Bonchev–Trinajstić information content (AvgIpc) is 2.41. The number of hydrogen-bond donors (Lipinski definition) is 0. The molecule has 6 heteroatoms. The minimum Gasteiger partial charge on any atom is -0.465 e. The summed E-state index contributed by atoms with van der Waals surface area (Å²) in [6.45, 7) is 3.43. The van der Waals surface area contributed by atoms with Crippen molar-refractivity contribution in [3.63, 3.8) is 0 Å². The van der Waals surface area contributed by atoms with E-state index in [0.717, 1.165) is 6.07 Å². The van der Waals surface area contributed by atoms with Crippen molar-refractivity contribution in [3.05, 3.63) is 46.1 Å². The van der Waals surface area contributed by atoms with Gasteiger partial charge >= 0.3 is 5.97 Å². The first kappa shape index (κ1) is 14.4. The van der Waals surface area contributed by atoms with Crippen molar-refractivity contribution in [1.29, 1.82) is 0 Å². The van der Waals surface area contributed by atoms with E-state index < -0.39 is 11.8 Å². The van der Waals surface area contributed by atoms with Crippen molar-refractivity contribution in [2.75, 3.05) is 7.11 Å². The van der Waals surface area contributed by atoms with E-state index in [0.29, 0.717) is 27.8 Å². The number of rotatable bonds is 2. The van der Waals surface area contributed by atoms with E-state index in [9.17, 15) is 9.18 Å². The standard InChI is InChI=1S/C14H12ClFN2O2/c1-7-12(17-8(2)18-13(7)15)9-4-10(14(19)20-3)6-11(16)5-9/h4-6H,1-3H3. The van der Waals surface area contributed by atoms with Crippen molar-refractivity contribution in [3.8, 4) is 11.3 Å². The molecule has 0 aliphatic rings. The molecule has 0 N–H and O–H groups in total. The monoisotopic (exact) mass is 294 g/mol. The van der Waals surface area contributed by atoms with Gasteiger partial charge in [0.25, 0.3) is 0 Å². The van der Waals surface area contributed by atoms with Crippen molar-refractivity contribution in [2.45, 2.75) is 13.8 Å². The molecule has 0 saturated heterocycles. The van der Waals surface area contributed by atoms with Crippen LogP contribution in [-0.2, 0) is 4.74 Å². The number of aryl methyl sites for hydroxylation is 1. The molecule has 2 aromatic rings. The fraction of sp³-hybridized carbons (Fsp3) is 0.214. The lowest BCUT2D eigenvalue weighted by Gasteiger charge is -2.09. The average molecular weight is 295 g/mol. The van der Waals surface area contributed by atoms with Gasteiger partial charge in [-0.2, -0.15) is 0 Å². The Labute approximate surface area is 120 Å². The lowest BCUT2D eigenvalue weighted by molar-refractivity contribution is 0.0600. The number of carbonyl (C=O) groups is 1. The minimum atomic E-state index is -0.611. The third-order valence-corrected chi connectivity index (χ3v) is 3.16. The molecule has 0 aliphatic heterocycles. The maximum Gasteiger partial charge on any atom is 0.337 e. The Balaban J connectivity index is 2.64. The van der Waals surface area contributed by atoms with Crippen molar-refractivity contribution in [2.24, 2.45) is 0 Å². The van der Waals surface area contributed by atoms with Crippen LogP contribution in [0.3, 0.4) is 0 Å². The van der Waals surface area contributed by atoms with Gasteiger partial charge < -0.3 is 4.74 Å². The third kappa shape index (κ3) is 2.77. The Hall–Kier alpha value is -2.01. The van der Waals surface area contributed by atoms with Crippen molar-refractivity contribution >= 4 is 17.6 Å². The van der Waals surface area contributed by atoms with E-state index in [1.54, 1.807) is 13.8 Å². The molecule has 0 radical (unpaired) electrons. The maximum atomic E-state index is 13.7. The first-order valence-electron chi connectivity index (χ1n) is 5.82. The largest absolute Gasteiger partial charge is 0.465 e. The molecule has 2 rings (SSSR count). The summed E-state index contributed by atoms with van der Waals surface area (Å²) >= 11 is 6.00. The Morgan fingerprint density at radius 2 is 1.95 bits per heavy atom. The molecule has 104 valence electrons. The molecule has 0 unspecified atom stereocenters. The fourth-order valence-corrected chi connectivity index (χ4v) is 2.05. The van der Waals surface area contributed by atoms with E-state index >= 15 is 0 Å². The van der Waals surface area contributed by atoms with Crippen molar-refractivity contribution in [1.82, 2.24) is 9.97 Å². The third-order valence-electron chi connectivity index (χ3n) is 2.79. The molecule has 1 aromatic carbocycles. The van der Waals surface area contributed by atoms with Gasteiger partial charge in [0.1, 0.15) is 16.8 Å². The second-order valence-electron chi connectivity index (χ2n) is 4.26. The van der Waals surface area contributed by atoms with Gasteiger partial charge in [0, 0.05) is 11.1 Å². The lowest BCUT2D eigenvalue weighted by Crippen LogP contribution is -2.03. The van der Waals surface area contributed by atoms with Gasteiger partial charge in [-0.15, -0.1) is 0 Å². The quantitative estimate of drug-likeness (QED) is 0.629. The van der Waals surface area contributed by atoms with Gasteiger partial charge in [-0.25, -0.2) is 19.2 Å². The molecular formula is C14H12ClFN2O2. The van der Waals surface area contributed by atoms with Crippen LogP contribution in [0.5, 0.6) is 0 Å². The molecule has 20 heavy (non-hydrogen) atoms. The van der Waals surface area contributed by atoms with E-state index in [4.69, 9.17) is 11.6 Å². The Bertz CT molecular complexity index is 689. The van der Waals surface area contributed by atoms with Crippen molar-refractivity contribution < 1.29 is 13.9 Å². The summed E-state index contributed by atoms with van der Waals surface area (Å²) in [5.41, 5.74) is 1.69. The van der Waals surface area contributed by atoms with Crippen LogP contribution in [-0.4, -0.2) is 23.0 Å². The highest BCUT2D eigenvalue weighted by atomic mass is 35.5. The smallest absolute Gasteiger partial charge is 0.337 e. The van der Waals surface area contributed by atoms with Gasteiger partial charge in [-0.3, -0.25) is 0 Å².